The van der Waals surface area contributed by atoms with Crippen LogP contribution in [0.4, 0.5) is 0 Å². The lowest BCUT2D eigenvalue weighted by molar-refractivity contribution is 0.787. The van der Waals surface area contributed by atoms with Gasteiger partial charge in [0, 0.05) is 10.6 Å². The second-order valence-corrected chi connectivity index (χ2v) is 5.61. The first kappa shape index (κ1) is 14.5. The summed E-state index contributed by atoms with van der Waals surface area (Å²) < 4.78 is 3.21. The van der Waals surface area contributed by atoms with E-state index in [1.165, 1.54) is 0 Å². The van der Waals surface area contributed by atoms with Crippen LogP contribution in [0.5, 0.6) is 0 Å². The van der Waals surface area contributed by atoms with Crippen molar-refractivity contribution in [2.45, 2.75) is 6.92 Å². The maximum atomic E-state index is 6.22. The molecule has 0 spiro atoms. The predicted molar refractivity (Wildman–Crippen MR) is 87.0 cm³/mol. The lowest BCUT2D eigenvalue weighted by Crippen LogP contribution is -2.01. The number of hydrogen-bond acceptors (Lipinski definition) is 6. The zero-order chi connectivity index (χ0) is 16.5. The lowest BCUT2D eigenvalue weighted by atomic mass is 9.98. The summed E-state index contributed by atoms with van der Waals surface area (Å²) >= 11 is 6.22. The van der Waals surface area contributed by atoms with Crippen LogP contribution in [0.3, 0.4) is 0 Å². The molecule has 2 aromatic heterocycles. The van der Waals surface area contributed by atoms with Gasteiger partial charge in [-0.3, -0.25) is 0 Å². The number of aryl methyl sites for hydroxylation is 1. The molecule has 0 fully saturated rings. The van der Waals surface area contributed by atoms with Gasteiger partial charge in [0.25, 0.3) is 0 Å². The van der Waals surface area contributed by atoms with E-state index in [1.54, 1.807) is 22.0 Å². The summed E-state index contributed by atoms with van der Waals surface area (Å²) in [5.74, 6) is 0. The summed E-state index contributed by atoms with van der Waals surface area (Å²) in [6.45, 7) is 2.03. The molecule has 8 nitrogen and oxygen atoms in total. The fourth-order valence-corrected chi connectivity index (χ4v) is 2.69. The molecule has 0 atom stereocenters. The van der Waals surface area contributed by atoms with Crippen molar-refractivity contribution in [3.63, 3.8) is 0 Å². The average Bonchev–Trinajstić information content (AvgIpc) is 3.29. The largest absolute Gasteiger partial charge is 0.201 e. The van der Waals surface area contributed by atoms with Gasteiger partial charge in [-0.1, -0.05) is 17.7 Å². The fourth-order valence-electron chi connectivity index (χ4n) is 2.52. The van der Waals surface area contributed by atoms with Crippen molar-refractivity contribution in [3.05, 3.63) is 59.6 Å². The number of aromatic nitrogens is 8. The Morgan fingerprint density at radius 3 is 2.29 bits per heavy atom. The summed E-state index contributed by atoms with van der Waals surface area (Å²) in [6.07, 6.45) is 3.10. The molecular weight excluding hydrogens is 328 g/mol. The Morgan fingerprint density at radius 1 is 0.833 bits per heavy atom. The maximum Gasteiger partial charge on any atom is 0.143 e. The Hall–Kier alpha value is -3.13. The third kappa shape index (κ3) is 2.52. The second-order valence-electron chi connectivity index (χ2n) is 5.17. The minimum Gasteiger partial charge on any atom is -0.201 e. The Labute approximate surface area is 141 Å². The van der Waals surface area contributed by atoms with E-state index in [9.17, 15) is 0 Å². The topological polar surface area (TPSA) is 87.2 Å². The summed E-state index contributed by atoms with van der Waals surface area (Å²) in [5, 5.41) is 23.3. The fraction of sp³-hybridized carbons (Fsp3) is 0.0667. The van der Waals surface area contributed by atoms with Crippen molar-refractivity contribution in [1.82, 2.24) is 40.4 Å². The van der Waals surface area contributed by atoms with Crippen molar-refractivity contribution >= 4 is 11.6 Å². The molecule has 118 valence electrons. The van der Waals surface area contributed by atoms with Gasteiger partial charge in [-0.25, -0.2) is 4.68 Å². The Kier molecular flexibility index (Phi) is 3.51. The molecule has 4 rings (SSSR count). The van der Waals surface area contributed by atoms with Crippen LogP contribution in [0.15, 0.2) is 49.1 Å². The molecule has 2 aromatic carbocycles. The van der Waals surface area contributed by atoms with E-state index in [0.29, 0.717) is 5.02 Å². The monoisotopic (exact) mass is 338 g/mol. The molecule has 0 aliphatic rings. The van der Waals surface area contributed by atoms with Crippen LogP contribution >= 0.6 is 11.6 Å². The normalized spacial score (nSPS) is 10.9. The molecule has 0 bridgehead atoms. The molecule has 4 aromatic rings. The molecule has 0 N–H and O–H groups in total. The Balaban J connectivity index is 1.93. The number of halogens is 1. The van der Waals surface area contributed by atoms with Crippen LogP contribution < -0.4 is 0 Å². The summed E-state index contributed by atoms with van der Waals surface area (Å²) in [4.78, 5) is 0. The highest BCUT2D eigenvalue weighted by molar-refractivity contribution is 6.31. The molecule has 0 radical (unpaired) electrons. The molecule has 0 aliphatic heterocycles. The van der Waals surface area contributed by atoms with Crippen LogP contribution in [0.2, 0.25) is 5.02 Å². The standard InChI is InChI=1S/C15H11ClN8/c1-10-2-4-12(23-8-17-19-21-23)7-13(10)14-6-11(16)3-5-15(14)24-9-18-20-22-24/h2-9H,1H3. The van der Waals surface area contributed by atoms with Crippen LogP contribution in [0, 0.1) is 6.92 Å². The minimum absolute atomic E-state index is 0.633. The second kappa shape index (κ2) is 5.82. The van der Waals surface area contributed by atoms with Crippen LogP contribution in [-0.4, -0.2) is 40.4 Å². The van der Waals surface area contributed by atoms with E-state index < -0.39 is 0 Å². The molecule has 0 amide bonds. The summed E-state index contributed by atoms with van der Waals surface area (Å²) in [6, 6.07) is 11.6. The van der Waals surface area contributed by atoms with Gasteiger partial charge in [0.15, 0.2) is 0 Å². The molecule has 24 heavy (non-hydrogen) atoms. The highest BCUT2D eigenvalue weighted by Gasteiger charge is 2.13. The van der Waals surface area contributed by atoms with Gasteiger partial charge in [-0.05, 0) is 69.2 Å². The van der Waals surface area contributed by atoms with Gasteiger partial charge in [0.2, 0.25) is 0 Å². The van der Waals surface area contributed by atoms with Gasteiger partial charge < -0.3 is 0 Å². The molecule has 0 unspecified atom stereocenters. The molecule has 0 aliphatic carbocycles. The van der Waals surface area contributed by atoms with Crippen LogP contribution in [0.25, 0.3) is 22.5 Å². The van der Waals surface area contributed by atoms with Crippen molar-refractivity contribution in [2.24, 2.45) is 0 Å². The zero-order valence-electron chi connectivity index (χ0n) is 12.6. The van der Waals surface area contributed by atoms with Crippen molar-refractivity contribution in [1.29, 1.82) is 0 Å². The molecule has 9 heteroatoms. The van der Waals surface area contributed by atoms with Gasteiger partial charge in [-0.15, -0.1) is 10.2 Å². The van der Waals surface area contributed by atoms with Crippen LogP contribution in [-0.2, 0) is 0 Å². The first-order chi connectivity index (χ1) is 11.7. The first-order valence-electron chi connectivity index (χ1n) is 7.10. The summed E-state index contributed by atoms with van der Waals surface area (Å²) in [7, 11) is 0. The number of tetrazole rings is 2. The van der Waals surface area contributed by atoms with E-state index in [1.807, 2.05) is 43.3 Å². The van der Waals surface area contributed by atoms with Gasteiger partial charge in [-0.2, -0.15) is 4.68 Å². The lowest BCUT2D eigenvalue weighted by Gasteiger charge is -2.13. The molecule has 2 heterocycles. The highest BCUT2D eigenvalue weighted by Crippen LogP contribution is 2.32. The number of rotatable bonds is 3. The van der Waals surface area contributed by atoms with Gasteiger partial charge in [0.05, 0.1) is 11.4 Å². The van der Waals surface area contributed by atoms with E-state index in [0.717, 1.165) is 28.1 Å². The highest BCUT2D eigenvalue weighted by atomic mass is 35.5. The van der Waals surface area contributed by atoms with Gasteiger partial charge >= 0.3 is 0 Å². The van der Waals surface area contributed by atoms with Crippen molar-refractivity contribution < 1.29 is 0 Å². The molecular formula is C15H11ClN8. The minimum atomic E-state index is 0.633. The van der Waals surface area contributed by atoms with E-state index >= 15 is 0 Å². The SMILES string of the molecule is Cc1ccc(-n2cnnn2)cc1-c1cc(Cl)ccc1-n1cnnn1. The third-order valence-electron chi connectivity index (χ3n) is 3.68. The van der Waals surface area contributed by atoms with Crippen molar-refractivity contribution in [3.8, 4) is 22.5 Å². The number of nitrogens with zero attached hydrogens (tertiary/aromatic N) is 8. The van der Waals surface area contributed by atoms with E-state index in [-0.39, 0.29) is 0 Å². The smallest absolute Gasteiger partial charge is 0.143 e. The number of hydrogen-bond donors (Lipinski definition) is 0. The summed E-state index contributed by atoms with van der Waals surface area (Å²) in [5.41, 5.74) is 4.69. The van der Waals surface area contributed by atoms with E-state index in [2.05, 4.69) is 31.1 Å². The quantitative estimate of drug-likeness (QED) is 0.569. The van der Waals surface area contributed by atoms with Gasteiger partial charge in [0.1, 0.15) is 12.7 Å². The van der Waals surface area contributed by atoms with Crippen LogP contribution in [0.1, 0.15) is 5.56 Å². The Morgan fingerprint density at radius 2 is 1.58 bits per heavy atom. The Bertz CT molecular complexity index is 979. The third-order valence-corrected chi connectivity index (χ3v) is 3.91. The number of benzene rings is 2. The maximum absolute atomic E-state index is 6.22. The first-order valence-corrected chi connectivity index (χ1v) is 7.47. The molecule has 0 saturated heterocycles. The molecule has 0 saturated carbocycles. The predicted octanol–water partition coefficient (Wildman–Crippen LogP) is 2.27. The average molecular weight is 339 g/mol. The van der Waals surface area contributed by atoms with E-state index in [4.69, 9.17) is 11.6 Å². The van der Waals surface area contributed by atoms with Crippen molar-refractivity contribution in [2.75, 3.05) is 0 Å². The zero-order valence-corrected chi connectivity index (χ0v) is 13.3.